The molecule has 0 amide bonds. The number of hydrogen-bond donors (Lipinski definition) is 1. The summed E-state index contributed by atoms with van der Waals surface area (Å²) in [7, 11) is 0. The van der Waals surface area contributed by atoms with E-state index in [1.165, 1.54) is 0 Å². The summed E-state index contributed by atoms with van der Waals surface area (Å²) < 4.78 is 23.3. The first kappa shape index (κ1) is 25.8. The Morgan fingerprint density at radius 2 is 1.84 bits per heavy atom. The average Bonchev–Trinajstić information content (AvgIpc) is 3.28. The van der Waals surface area contributed by atoms with Crippen molar-refractivity contribution in [2.45, 2.75) is 51.7 Å². The zero-order valence-electron chi connectivity index (χ0n) is 21.7. The Morgan fingerprint density at radius 3 is 2.58 bits per heavy atom. The highest BCUT2D eigenvalue weighted by Crippen LogP contribution is 2.38. The lowest BCUT2D eigenvalue weighted by Crippen LogP contribution is -2.30. The summed E-state index contributed by atoms with van der Waals surface area (Å²) >= 11 is 0. The molecule has 198 valence electrons. The number of aliphatic carboxylic acids is 1. The van der Waals surface area contributed by atoms with Crippen LogP contribution in [-0.2, 0) is 20.9 Å². The van der Waals surface area contributed by atoms with Crippen molar-refractivity contribution in [1.29, 1.82) is 0 Å². The van der Waals surface area contributed by atoms with Gasteiger partial charge in [0.1, 0.15) is 37.1 Å². The molecule has 0 radical (unpaired) electrons. The van der Waals surface area contributed by atoms with Crippen LogP contribution in [0.15, 0.2) is 54.6 Å². The molecule has 7 nitrogen and oxygen atoms in total. The molecule has 2 aliphatic heterocycles. The summed E-state index contributed by atoms with van der Waals surface area (Å²) in [4.78, 5) is 22.4. The van der Waals surface area contributed by atoms with Crippen LogP contribution in [0.2, 0.25) is 0 Å². The van der Waals surface area contributed by atoms with Gasteiger partial charge in [0, 0.05) is 24.0 Å². The largest absolute Gasteiger partial charge is 0.492 e. The highest BCUT2D eigenvalue weighted by atomic mass is 16.5. The Morgan fingerprint density at radius 1 is 1.03 bits per heavy atom. The summed E-state index contributed by atoms with van der Waals surface area (Å²) in [6.07, 6.45) is 1.27. The van der Waals surface area contributed by atoms with Gasteiger partial charge in [-0.3, -0.25) is 9.59 Å². The van der Waals surface area contributed by atoms with Gasteiger partial charge in [0.15, 0.2) is 5.78 Å². The van der Waals surface area contributed by atoms with Crippen molar-refractivity contribution in [3.8, 4) is 28.4 Å². The molecule has 0 aromatic heterocycles. The molecule has 5 rings (SSSR count). The van der Waals surface area contributed by atoms with Crippen LogP contribution in [-0.4, -0.2) is 42.8 Å². The van der Waals surface area contributed by atoms with E-state index in [2.05, 4.69) is 26.0 Å². The van der Waals surface area contributed by atoms with E-state index < -0.39 is 5.97 Å². The molecule has 7 heteroatoms. The maximum Gasteiger partial charge on any atom is 0.304 e. The van der Waals surface area contributed by atoms with E-state index in [1.807, 2.05) is 42.5 Å². The maximum atomic E-state index is 11.4. The monoisotopic (exact) mass is 516 g/mol. The van der Waals surface area contributed by atoms with Gasteiger partial charge >= 0.3 is 5.97 Å². The normalized spacial score (nSPS) is 18.5. The van der Waals surface area contributed by atoms with Crippen LogP contribution in [0, 0.1) is 13.8 Å². The molecular weight excluding hydrogens is 484 g/mol. The maximum absolute atomic E-state index is 11.4. The van der Waals surface area contributed by atoms with Gasteiger partial charge in [0.25, 0.3) is 0 Å². The van der Waals surface area contributed by atoms with Crippen LogP contribution < -0.4 is 14.2 Å². The number of carboxylic acids is 1. The number of rotatable bonds is 9. The average molecular weight is 517 g/mol. The van der Waals surface area contributed by atoms with Crippen LogP contribution >= 0.6 is 0 Å². The summed E-state index contributed by atoms with van der Waals surface area (Å²) in [5.74, 6) is 1.38. The lowest BCUT2D eigenvalue weighted by Gasteiger charge is -2.22. The molecule has 3 aromatic carbocycles. The third-order valence-electron chi connectivity index (χ3n) is 7.07. The molecule has 0 spiro atoms. The van der Waals surface area contributed by atoms with Gasteiger partial charge in [0.05, 0.1) is 19.1 Å². The predicted molar refractivity (Wildman–Crippen MR) is 142 cm³/mol. The van der Waals surface area contributed by atoms with Crippen LogP contribution in [0.3, 0.4) is 0 Å². The van der Waals surface area contributed by atoms with Crippen molar-refractivity contribution in [3.05, 3.63) is 76.9 Å². The third-order valence-corrected chi connectivity index (χ3v) is 7.07. The van der Waals surface area contributed by atoms with Crippen molar-refractivity contribution in [2.75, 3.05) is 19.8 Å². The first-order valence-corrected chi connectivity index (χ1v) is 12.9. The fraction of sp³-hybridized carbons (Fsp3) is 0.355. The van der Waals surface area contributed by atoms with Gasteiger partial charge in [-0.25, -0.2) is 0 Å². The Hall–Kier alpha value is -3.84. The lowest BCUT2D eigenvalue weighted by molar-refractivity contribution is -0.137. The molecular formula is C31H32O7. The van der Waals surface area contributed by atoms with Crippen molar-refractivity contribution in [1.82, 2.24) is 0 Å². The molecule has 0 aliphatic carbocycles. The molecule has 1 N–H and O–H groups in total. The Bertz CT molecular complexity index is 1310. The molecule has 0 saturated carbocycles. The molecule has 2 heterocycles. The van der Waals surface area contributed by atoms with E-state index in [9.17, 15) is 9.59 Å². The molecule has 0 bridgehead atoms. The Balaban J connectivity index is 1.23. The standard InChI is InChI=1S/C31H32O7/c1-19-10-27(37-18-26-7-6-24(32)17-36-26)11-20(2)31(19)22-5-3-4-21(12-22)15-35-25-8-9-28-23(13-30(33)34)16-38-29(28)14-25/h3-5,8-12,14,23,26H,6-7,13,15-18H2,1-2H3,(H,33,34). The van der Waals surface area contributed by atoms with Crippen LogP contribution in [0.1, 0.15) is 47.4 Å². The highest BCUT2D eigenvalue weighted by molar-refractivity contribution is 5.80. The number of benzene rings is 3. The van der Waals surface area contributed by atoms with Gasteiger partial charge in [-0.15, -0.1) is 0 Å². The van der Waals surface area contributed by atoms with Gasteiger partial charge in [0.2, 0.25) is 0 Å². The minimum atomic E-state index is -0.827. The van der Waals surface area contributed by atoms with Crippen LogP contribution in [0.25, 0.3) is 11.1 Å². The van der Waals surface area contributed by atoms with Gasteiger partial charge in [-0.05, 0) is 72.4 Å². The predicted octanol–water partition coefficient (Wildman–Crippen LogP) is 5.63. The summed E-state index contributed by atoms with van der Waals surface area (Å²) in [6.45, 7) is 5.55. The second-order valence-electron chi connectivity index (χ2n) is 10.0. The SMILES string of the molecule is Cc1cc(OCC2CCC(=O)CO2)cc(C)c1-c1cccc(COc2ccc3c(c2)OCC3CC(=O)O)c1. The van der Waals surface area contributed by atoms with Gasteiger partial charge < -0.3 is 24.1 Å². The molecule has 38 heavy (non-hydrogen) atoms. The van der Waals surface area contributed by atoms with Crippen molar-refractivity contribution < 1.29 is 33.6 Å². The van der Waals surface area contributed by atoms with E-state index in [4.69, 9.17) is 24.1 Å². The zero-order valence-corrected chi connectivity index (χ0v) is 21.7. The fourth-order valence-electron chi connectivity index (χ4n) is 5.18. The quantitative estimate of drug-likeness (QED) is 0.394. The van der Waals surface area contributed by atoms with E-state index >= 15 is 0 Å². The van der Waals surface area contributed by atoms with Crippen LogP contribution in [0.4, 0.5) is 0 Å². The number of ketones is 1. The van der Waals surface area contributed by atoms with Crippen molar-refractivity contribution >= 4 is 11.8 Å². The zero-order chi connectivity index (χ0) is 26.6. The minimum absolute atomic E-state index is 0.0481. The van der Waals surface area contributed by atoms with Crippen molar-refractivity contribution in [2.24, 2.45) is 0 Å². The summed E-state index contributed by atoms with van der Waals surface area (Å²) in [5.41, 5.74) is 6.45. The number of hydrogen-bond acceptors (Lipinski definition) is 6. The van der Waals surface area contributed by atoms with E-state index in [0.29, 0.717) is 44.2 Å². The van der Waals surface area contributed by atoms with E-state index in [1.54, 1.807) is 0 Å². The second-order valence-corrected chi connectivity index (χ2v) is 10.0. The summed E-state index contributed by atoms with van der Waals surface area (Å²) in [5, 5.41) is 9.10. The molecule has 2 unspecified atom stereocenters. The molecule has 3 aromatic rings. The molecule has 2 atom stereocenters. The van der Waals surface area contributed by atoms with E-state index in [0.717, 1.165) is 39.1 Å². The topological polar surface area (TPSA) is 91.3 Å². The molecule has 2 aliphatic rings. The van der Waals surface area contributed by atoms with Crippen molar-refractivity contribution in [3.63, 3.8) is 0 Å². The lowest BCUT2D eigenvalue weighted by atomic mass is 9.94. The fourth-order valence-corrected chi connectivity index (χ4v) is 5.18. The number of carbonyl (C=O) groups excluding carboxylic acids is 1. The molecule has 1 fully saturated rings. The smallest absolute Gasteiger partial charge is 0.304 e. The third kappa shape index (κ3) is 6.00. The number of carboxylic acid groups (broad SMARTS) is 1. The number of aryl methyl sites for hydroxylation is 2. The Kier molecular flexibility index (Phi) is 7.65. The van der Waals surface area contributed by atoms with Gasteiger partial charge in [-0.2, -0.15) is 0 Å². The highest BCUT2D eigenvalue weighted by Gasteiger charge is 2.26. The second kappa shape index (κ2) is 11.3. The number of carbonyl (C=O) groups is 2. The van der Waals surface area contributed by atoms with E-state index in [-0.39, 0.29) is 30.8 Å². The number of Topliss-reactive ketones (excluding diaryl/α,β-unsaturated/α-hetero) is 1. The number of fused-ring (bicyclic) bond motifs is 1. The first-order chi connectivity index (χ1) is 18.4. The Labute approximate surface area is 222 Å². The first-order valence-electron chi connectivity index (χ1n) is 12.9. The minimum Gasteiger partial charge on any atom is -0.492 e. The van der Waals surface area contributed by atoms with Crippen LogP contribution in [0.5, 0.6) is 17.2 Å². The summed E-state index contributed by atoms with van der Waals surface area (Å²) in [6, 6.07) is 18.0. The molecule has 1 saturated heterocycles. The number of ether oxygens (including phenoxy) is 4. The van der Waals surface area contributed by atoms with Gasteiger partial charge in [-0.1, -0.05) is 24.3 Å².